The topological polar surface area (TPSA) is 67.5 Å². The van der Waals surface area contributed by atoms with E-state index in [1.54, 1.807) is 0 Å². The number of imidazole rings is 1. The molecule has 0 aliphatic heterocycles. The lowest BCUT2D eigenvalue weighted by Gasteiger charge is -2.15. The molecular weight excluding hydrogens is 311 g/mol. The van der Waals surface area contributed by atoms with Crippen molar-refractivity contribution in [2.45, 2.75) is 13.1 Å². The highest BCUT2D eigenvalue weighted by Gasteiger charge is 2.35. The van der Waals surface area contributed by atoms with Crippen molar-refractivity contribution >= 4 is 11.6 Å². The molecule has 8 heteroatoms. The number of fused-ring (bicyclic) bond motifs is 1. The predicted octanol–water partition coefficient (Wildman–Crippen LogP) is 3.42. The zero-order valence-corrected chi connectivity index (χ0v) is 11.8. The summed E-state index contributed by atoms with van der Waals surface area (Å²) in [7, 11) is 0. The maximum Gasteiger partial charge on any atom is 0.417 e. The standard InChI is InChI=1S/C15H10F3N3O2/c1-8-11(14(22)23)12(20-21-7-6-19-13(8)21)9-4-2-3-5-10(9)15(16,17)18/h2-7H,1H3,(H,22,23). The molecule has 0 amide bonds. The number of hydrogen-bond acceptors (Lipinski definition) is 3. The quantitative estimate of drug-likeness (QED) is 0.785. The summed E-state index contributed by atoms with van der Waals surface area (Å²) in [5.74, 6) is -1.35. The van der Waals surface area contributed by atoms with E-state index in [9.17, 15) is 23.1 Å². The fourth-order valence-electron chi connectivity index (χ4n) is 2.48. The van der Waals surface area contributed by atoms with Crippen molar-refractivity contribution in [2.24, 2.45) is 0 Å². The minimum absolute atomic E-state index is 0.242. The van der Waals surface area contributed by atoms with Crippen molar-refractivity contribution in [1.29, 1.82) is 0 Å². The molecule has 0 fully saturated rings. The van der Waals surface area contributed by atoms with Gasteiger partial charge in [0, 0.05) is 23.5 Å². The molecule has 5 nitrogen and oxygen atoms in total. The van der Waals surface area contributed by atoms with Crippen LogP contribution in [0, 0.1) is 6.92 Å². The van der Waals surface area contributed by atoms with Crippen LogP contribution in [0.15, 0.2) is 36.7 Å². The van der Waals surface area contributed by atoms with Crippen molar-refractivity contribution in [3.05, 3.63) is 53.3 Å². The molecule has 3 rings (SSSR count). The molecule has 0 bridgehead atoms. The SMILES string of the molecule is Cc1c(C(=O)O)c(-c2ccccc2C(F)(F)F)nn2ccnc12. The van der Waals surface area contributed by atoms with Gasteiger partial charge in [0.05, 0.1) is 11.1 Å². The van der Waals surface area contributed by atoms with Crippen molar-refractivity contribution in [1.82, 2.24) is 14.6 Å². The average Bonchev–Trinajstić information content (AvgIpc) is 2.94. The lowest BCUT2D eigenvalue weighted by atomic mass is 9.98. The highest BCUT2D eigenvalue weighted by atomic mass is 19.4. The van der Waals surface area contributed by atoms with E-state index in [0.717, 1.165) is 6.07 Å². The van der Waals surface area contributed by atoms with E-state index in [1.807, 2.05) is 0 Å². The van der Waals surface area contributed by atoms with E-state index in [-0.39, 0.29) is 28.0 Å². The number of hydrogen-bond donors (Lipinski definition) is 1. The highest BCUT2D eigenvalue weighted by Crippen LogP contribution is 2.38. The Bertz CT molecular complexity index is 916. The molecular formula is C15H10F3N3O2. The van der Waals surface area contributed by atoms with E-state index in [0.29, 0.717) is 0 Å². The van der Waals surface area contributed by atoms with E-state index < -0.39 is 17.7 Å². The molecule has 1 aromatic carbocycles. The van der Waals surface area contributed by atoms with Gasteiger partial charge in [-0.2, -0.15) is 18.3 Å². The molecule has 0 atom stereocenters. The molecule has 0 unspecified atom stereocenters. The lowest BCUT2D eigenvalue weighted by Crippen LogP contribution is -2.13. The van der Waals surface area contributed by atoms with Crippen LogP contribution in [0.5, 0.6) is 0 Å². The average molecular weight is 321 g/mol. The van der Waals surface area contributed by atoms with Gasteiger partial charge in [-0.3, -0.25) is 0 Å². The number of benzene rings is 1. The van der Waals surface area contributed by atoms with Gasteiger partial charge in [-0.05, 0) is 13.0 Å². The van der Waals surface area contributed by atoms with E-state index in [1.165, 1.54) is 42.0 Å². The molecule has 118 valence electrons. The molecule has 0 aliphatic carbocycles. The van der Waals surface area contributed by atoms with Crippen LogP contribution in [0.1, 0.15) is 21.5 Å². The summed E-state index contributed by atoms with van der Waals surface area (Å²) in [5, 5.41) is 13.5. The zero-order valence-electron chi connectivity index (χ0n) is 11.8. The second-order valence-electron chi connectivity index (χ2n) is 4.89. The summed E-state index contributed by atoms with van der Waals surface area (Å²) in [6, 6.07) is 4.76. The Labute approximate surface area is 128 Å². The summed E-state index contributed by atoms with van der Waals surface area (Å²) in [6.45, 7) is 1.49. The molecule has 23 heavy (non-hydrogen) atoms. The van der Waals surface area contributed by atoms with Crippen molar-refractivity contribution in [3.8, 4) is 11.3 Å². The van der Waals surface area contributed by atoms with Crippen LogP contribution in [0.3, 0.4) is 0 Å². The monoisotopic (exact) mass is 321 g/mol. The molecule has 0 spiro atoms. The van der Waals surface area contributed by atoms with Crippen LogP contribution >= 0.6 is 0 Å². The number of aromatic nitrogens is 3. The molecule has 2 aromatic heterocycles. The molecule has 3 aromatic rings. The summed E-state index contributed by atoms with van der Waals surface area (Å²) in [4.78, 5) is 15.6. The summed E-state index contributed by atoms with van der Waals surface area (Å²) in [6.07, 6.45) is -1.76. The van der Waals surface area contributed by atoms with Gasteiger partial charge in [0.25, 0.3) is 0 Å². The molecule has 0 saturated heterocycles. The first-order valence-electron chi connectivity index (χ1n) is 6.54. The predicted molar refractivity (Wildman–Crippen MR) is 75.1 cm³/mol. The number of aryl methyl sites for hydroxylation is 1. The Morgan fingerprint density at radius 2 is 1.96 bits per heavy atom. The minimum atomic E-state index is -4.62. The second-order valence-corrected chi connectivity index (χ2v) is 4.89. The maximum atomic E-state index is 13.2. The number of alkyl halides is 3. The van der Waals surface area contributed by atoms with Gasteiger partial charge in [-0.15, -0.1) is 0 Å². The van der Waals surface area contributed by atoms with E-state index in [2.05, 4.69) is 10.1 Å². The van der Waals surface area contributed by atoms with E-state index >= 15 is 0 Å². The van der Waals surface area contributed by atoms with Crippen LogP contribution < -0.4 is 0 Å². The Kier molecular flexibility index (Phi) is 3.32. The van der Waals surface area contributed by atoms with Gasteiger partial charge in [-0.25, -0.2) is 14.3 Å². The van der Waals surface area contributed by atoms with Gasteiger partial charge in [0.1, 0.15) is 5.69 Å². The van der Waals surface area contributed by atoms with Gasteiger partial charge < -0.3 is 5.11 Å². The minimum Gasteiger partial charge on any atom is -0.478 e. The van der Waals surface area contributed by atoms with Gasteiger partial charge in [-0.1, -0.05) is 18.2 Å². The Morgan fingerprint density at radius 3 is 2.61 bits per heavy atom. The first-order valence-corrected chi connectivity index (χ1v) is 6.54. The summed E-state index contributed by atoms with van der Waals surface area (Å²) >= 11 is 0. The Morgan fingerprint density at radius 1 is 1.26 bits per heavy atom. The van der Waals surface area contributed by atoms with Gasteiger partial charge >= 0.3 is 12.1 Å². The number of carbonyl (C=O) groups is 1. The number of carboxylic acid groups (broad SMARTS) is 1. The van der Waals surface area contributed by atoms with Crippen LogP contribution in [0.4, 0.5) is 13.2 Å². The first-order chi connectivity index (χ1) is 10.8. The van der Waals surface area contributed by atoms with Crippen molar-refractivity contribution in [2.75, 3.05) is 0 Å². The second kappa shape index (κ2) is 5.08. The Hall–Kier alpha value is -2.90. The molecule has 0 saturated carbocycles. The normalized spacial score (nSPS) is 11.8. The third-order valence-electron chi connectivity index (χ3n) is 3.48. The van der Waals surface area contributed by atoms with Gasteiger partial charge in [0.15, 0.2) is 5.65 Å². The van der Waals surface area contributed by atoms with Crippen molar-refractivity contribution in [3.63, 3.8) is 0 Å². The zero-order chi connectivity index (χ0) is 16.8. The summed E-state index contributed by atoms with van der Waals surface area (Å²) in [5.41, 5.74) is -1.21. The number of halogens is 3. The Balaban J connectivity index is 2.41. The maximum absolute atomic E-state index is 13.2. The highest BCUT2D eigenvalue weighted by molar-refractivity contribution is 5.98. The fraction of sp³-hybridized carbons (Fsp3) is 0.133. The first kappa shape index (κ1) is 15.0. The van der Waals surface area contributed by atoms with Crippen LogP contribution in [-0.2, 0) is 6.18 Å². The lowest BCUT2D eigenvalue weighted by molar-refractivity contribution is -0.137. The third kappa shape index (κ3) is 2.41. The number of aromatic carboxylic acids is 1. The fourth-order valence-corrected chi connectivity index (χ4v) is 2.48. The van der Waals surface area contributed by atoms with Crippen LogP contribution in [0.2, 0.25) is 0 Å². The van der Waals surface area contributed by atoms with Gasteiger partial charge in [0.2, 0.25) is 0 Å². The number of rotatable bonds is 2. The van der Waals surface area contributed by atoms with E-state index in [4.69, 9.17) is 0 Å². The molecule has 0 radical (unpaired) electrons. The van der Waals surface area contributed by atoms with Crippen LogP contribution in [0.25, 0.3) is 16.9 Å². The molecule has 1 N–H and O–H groups in total. The molecule has 2 heterocycles. The summed E-state index contributed by atoms with van der Waals surface area (Å²) < 4.78 is 40.9. The molecule has 0 aliphatic rings. The smallest absolute Gasteiger partial charge is 0.417 e. The number of nitrogens with zero attached hydrogens (tertiary/aromatic N) is 3. The van der Waals surface area contributed by atoms with Crippen LogP contribution in [-0.4, -0.2) is 25.7 Å². The number of carboxylic acids is 1. The third-order valence-corrected chi connectivity index (χ3v) is 3.48. The largest absolute Gasteiger partial charge is 0.478 e. The van der Waals surface area contributed by atoms with Crippen molar-refractivity contribution < 1.29 is 23.1 Å².